The van der Waals surface area contributed by atoms with Gasteiger partial charge in [0.2, 0.25) is 5.13 Å². The summed E-state index contributed by atoms with van der Waals surface area (Å²) < 4.78 is 5.47. The fourth-order valence-corrected chi connectivity index (χ4v) is 3.81. The van der Waals surface area contributed by atoms with Gasteiger partial charge in [-0.1, -0.05) is 29.5 Å². The van der Waals surface area contributed by atoms with Crippen LogP contribution in [0.4, 0.5) is 16.6 Å². The van der Waals surface area contributed by atoms with Crippen molar-refractivity contribution < 1.29 is 4.74 Å². The Balaban J connectivity index is 1.52. The van der Waals surface area contributed by atoms with Crippen LogP contribution in [0.1, 0.15) is 0 Å². The van der Waals surface area contributed by atoms with E-state index in [1.54, 1.807) is 11.8 Å². The summed E-state index contributed by atoms with van der Waals surface area (Å²) in [7, 11) is 0. The highest BCUT2D eigenvalue weighted by molar-refractivity contribution is 7.13. The number of ether oxygens (including phenoxy) is 1. The number of hydrogen-bond donors (Lipinski definition) is 1. The zero-order valence-electron chi connectivity index (χ0n) is 15.1. The van der Waals surface area contributed by atoms with Gasteiger partial charge in [0.05, 0.1) is 18.7 Å². The van der Waals surface area contributed by atoms with Crippen molar-refractivity contribution in [1.29, 1.82) is 0 Å². The van der Waals surface area contributed by atoms with Crippen molar-refractivity contribution in [2.24, 2.45) is 0 Å². The number of rotatable bonds is 4. The number of fused-ring (bicyclic) bond motifs is 1. The van der Waals surface area contributed by atoms with E-state index in [2.05, 4.69) is 66.8 Å². The van der Waals surface area contributed by atoms with Gasteiger partial charge in [-0.25, -0.2) is 9.97 Å². The molecule has 0 saturated carbocycles. The molecule has 1 saturated heterocycles. The molecule has 7 nitrogen and oxygen atoms in total. The summed E-state index contributed by atoms with van der Waals surface area (Å²) in [6.45, 7) is 3.40. The fourth-order valence-electron chi connectivity index (χ4n) is 3.37. The molecule has 28 heavy (non-hydrogen) atoms. The summed E-state index contributed by atoms with van der Waals surface area (Å²) in [6, 6.07) is 14.9. The SMILES string of the molecule is c1cc(-c2ccc3ncnc(Nc4nncs4)c3c2)cc(N2CCOCC2)c1. The van der Waals surface area contributed by atoms with E-state index in [9.17, 15) is 0 Å². The molecule has 5 rings (SSSR count). The molecule has 1 N–H and O–H groups in total. The summed E-state index contributed by atoms with van der Waals surface area (Å²) in [4.78, 5) is 11.2. The van der Waals surface area contributed by atoms with E-state index in [1.165, 1.54) is 17.0 Å². The number of nitrogens with one attached hydrogen (secondary N) is 1. The highest BCUT2D eigenvalue weighted by Crippen LogP contribution is 2.30. The first-order chi connectivity index (χ1) is 13.9. The molecule has 140 valence electrons. The molecular formula is C20H18N6OS. The van der Waals surface area contributed by atoms with Crippen molar-refractivity contribution in [2.45, 2.75) is 0 Å². The monoisotopic (exact) mass is 390 g/mol. The first kappa shape index (κ1) is 17.0. The number of benzene rings is 2. The lowest BCUT2D eigenvalue weighted by Gasteiger charge is -2.29. The van der Waals surface area contributed by atoms with Crippen LogP contribution >= 0.6 is 11.3 Å². The normalized spacial score (nSPS) is 14.4. The van der Waals surface area contributed by atoms with Gasteiger partial charge in [0, 0.05) is 24.2 Å². The van der Waals surface area contributed by atoms with Crippen LogP contribution in [0, 0.1) is 0 Å². The van der Waals surface area contributed by atoms with Gasteiger partial charge in [-0.15, -0.1) is 10.2 Å². The number of anilines is 3. The summed E-state index contributed by atoms with van der Waals surface area (Å²) in [6.07, 6.45) is 1.56. The minimum absolute atomic E-state index is 0.708. The maximum absolute atomic E-state index is 5.47. The topological polar surface area (TPSA) is 76.1 Å². The summed E-state index contributed by atoms with van der Waals surface area (Å²) in [5.74, 6) is 0.730. The van der Waals surface area contributed by atoms with Crippen LogP contribution in [0.5, 0.6) is 0 Å². The molecule has 0 unspecified atom stereocenters. The first-order valence-electron chi connectivity index (χ1n) is 9.08. The van der Waals surface area contributed by atoms with Crippen LogP contribution in [0.3, 0.4) is 0 Å². The Morgan fingerprint density at radius 2 is 1.89 bits per heavy atom. The van der Waals surface area contributed by atoms with Crippen LogP contribution < -0.4 is 10.2 Å². The summed E-state index contributed by atoms with van der Waals surface area (Å²) in [5.41, 5.74) is 6.08. The molecule has 2 aromatic heterocycles. The Morgan fingerprint density at radius 3 is 2.75 bits per heavy atom. The predicted octanol–water partition coefficient (Wildman–Crippen LogP) is 3.73. The molecule has 4 aromatic rings. The molecule has 1 aliphatic rings. The van der Waals surface area contributed by atoms with Crippen molar-refractivity contribution in [1.82, 2.24) is 20.2 Å². The standard InChI is InChI=1S/C20H18N6OS/c1-2-14(10-16(3-1)26-6-8-27-9-7-26)15-4-5-18-17(11-15)19(22-12-21-18)24-20-25-23-13-28-20/h1-5,10-13H,6-9H2,(H,21,22,24,25). The summed E-state index contributed by atoms with van der Waals surface area (Å²) >= 11 is 1.44. The van der Waals surface area contributed by atoms with E-state index in [0.29, 0.717) is 5.13 Å². The first-order valence-corrected chi connectivity index (χ1v) is 9.96. The Morgan fingerprint density at radius 1 is 1.00 bits per heavy atom. The molecule has 0 spiro atoms. The highest BCUT2D eigenvalue weighted by Gasteiger charge is 2.13. The third kappa shape index (κ3) is 3.39. The third-order valence-corrected chi connectivity index (χ3v) is 5.38. The van der Waals surface area contributed by atoms with Gasteiger partial charge < -0.3 is 15.0 Å². The molecule has 0 bridgehead atoms. The molecule has 0 radical (unpaired) electrons. The molecule has 1 aliphatic heterocycles. The van der Waals surface area contributed by atoms with Crippen LogP contribution in [0.25, 0.3) is 22.0 Å². The average molecular weight is 390 g/mol. The third-order valence-electron chi connectivity index (χ3n) is 4.78. The molecule has 0 amide bonds. The van der Waals surface area contributed by atoms with Gasteiger partial charge in [0.15, 0.2) is 0 Å². The van der Waals surface area contributed by atoms with Crippen LogP contribution in [-0.4, -0.2) is 46.5 Å². The van der Waals surface area contributed by atoms with Crippen molar-refractivity contribution in [2.75, 3.05) is 36.5 Å². The Kier molecular flexibility index (Phi) is 4.56. The van der Waals surface area contributed by atoms with E-state index in [0.717, 1.165) is 54.2 Å². The second kappa shape index (κ2) is 7.49. The molecule has 0 aliphatic carbocycles. The quantitative estimate of drug-likeness (QED) is 0.569. The summed E-state index contributed by atoms with van der Waals surface area (Å²) in [5, 5.41) is 12.8. The van der Waals surface area contributed by atoms with Crippen LogP contribution in [0.2, 0.25) is 0 Å². The van der Waals surface area contributed by atoms with Gasteiger partial charge in [0.25, 0.3) is 0 Å². The lowest BCUT2D eigenvalue weighted by Crippen LogP contribution is -2.36. The Bertz CT molecular complexity index is 1100. The smallest absolute Gasteiger partial charge is 0.211 e. The Hall–Kier alpha value is -3.10. The molecular weight excluding hydrogens is 372 g/mol. The van der Waals surface area contributed by atoms with E-state index in [1.807, 2.05) is 6.07 Å². The maximum atomic E-state index is 5.47. The highest BCUT2D eigenvalue weighted by atomic mass is 32.1. The van der Waals surface area contributed by atoms with E-state index < -0.39 is 0 Å². The van der Waals surface area contributed by atoms with Crippen LogP contribution in [0.15, 0.2) is 54.3 Å². The Labute approximate surface area is 166 Å². The minimum atomic E-state index is 0.708. The van der Waals surface area contributed by atoms with Crippen molar-refractivity contribution >= 4 is 38.9 Å². The lowest BCUT2D eigenvalue weighted by molar-refractivity contribution is 0.122. The molecule has 0 atom stereocenters. The molecule has 2 aromatic carbocycles. The molecule has 8 heteroatoms. The minimum Gasteiger partial charge on any atom is -0.378 e. The van der Waals surface area contributed by atoms with E-state index in [4.69, 9.17) is 4.74 Å². The average Bonchev–Trinajstić information content (AvgIpc) is 3.28. The van der Waals surface area contributed by atoms with Crippen molar-refractivity contribution in [3.8, 4) is 11.1 Å². The van der Waals surface area contributed by atoms with E-state index in [-0.39, 0.29) is 0 Å². The molecule has 1 fully saturated rings. The van der Waals surface area contributed by atoms with E-state index >= 15 is 0 Å². The number of aromatic nitrogens is 4. The second-order valence-electron chi connectivity index (χ2n) is 6.47. The maximum Gasteiger partial charge on any atom is 0.211 e. The molecule has 3 heterocycles. The lowest BCUT2D eigenvalue weighted by atomic mass is 10.0. The van der Waals surface area contributed by atoms with Gasteiger partial charge >= 0.3 is 0 Å². The van der Waals surface area contributed by atoms with Gasteiger partial charge in [0.1, 0.15) is 17.7 Å². The van der Waals surface area contributed by atoms with Gasteiger partial charge in [-0.05, 0) is 35.4 Å². The number of hydrogen-bond acceptors (Lipinski definition) is 8. The predicted molar refractivity (Wildman–Crippen MR) is 111 cm³/mol. The van der Waals surface area contributed by atoms with Gasteiger partial charge in [-0.3, -0.25) is 0 Å². The zero-order valence-corrected chi connectivity index (χ0v) is 15.9. The van der Waals surface area contributed by atoms with Gasteiger partial charge in [-0.2, -0.15) is 0 Å². The number of morpholine rings is 1. The fraction of sp³-hybridized carbons (Fsp3) is 0.200. The zero-order chi connectivity index (χ0) is 18.8. The second-order valence-corrected chi connectivity index (χ2v) is 7.31. The largest absolute Gasteiger partial charge is 0.378 e. The van der Waals surface area contributed by atoms with Crippen LogP contribution in [-0.2, 0) is 4.74 Å². The van der Waals surface area contributed by atoms with Crippen molar-refractivity contribution in [3.05, 3.63) is 54.3 Å². The van der Waals surface area contributed by atoms with Crippen molar-refractivity contribution in [3.63, 3.8) is 0 Å². The number of nitrogens with zero attached hydrogens (tertiary/aromatic N) is 5.